The smallest absolute Gasteiger partial charge is 0.335 e. The minimum absolute atomic E-state index is 0.157. The van der Waals surface area contributed by atoms with E-state index in [-0.39, 0.29) is 16.0 Å². The van der Waals surface area contributed by atoms with Crippen molar-refractivity contribution >= 4 is 21.9 Å². The second-order valence-corrected chi connectivity index (χ2v) is 6.82. The molecule has 2 rings (SSSR count). The van der Waals surface area contributed by atoms with E-state index >= 15 is 0 Å². The van der Waals surface area contributed by atoms with Crippen LogP contribution < -0.4 is 10.3 Å². The number of nitrogens with one attached hydrogen (secondary N) is 2. The van der Waals surface area contributed by atoms with Crippen molar-refractivity contribution < 1.29 is 27.5 Å². The van der Waals surface area contributed by atoms with E-state index in [1.54, 1.807) is 20.8 Å². The number of hydrogen-bond donors (Lipinski definition) is 3. The monoisotopic (exact) mass is 352 g/mol. The third kappa shape index (κ3) is 3.47. The Morgan fingerprint density at radius 3 is 2.38 bits per heavy atom. The number of carboxylic acids is 1. The van der Waals surface area contributed by atoms with Crippen molar-refractivity contribution in [1.82, 2.24) is 10.3 Å². The maximum atomic E-state index is 12.4. The number of amides is 1. The Hall–Kier alpha value is -2.65. The number of carbonyl (C=O) groups is 2. The summed E-state index contributed by atoms with van der Waals surface area (Å²) in [6.07, 6.45) is 1.31. The molecule has 0 bridgehead atoms. The molecule has 9 heteroatoms. The molecule has 0 saturated carbocycles. The van der Waals surface area contributed by atoms with Gasteiger partial charge < -0.3 is 9.52 Å². The summed E-state index contributed by atoms with van der Waals surface area (Å²) in [4.78, 5) is 24.8. The Morgan fingerprint density at radius 2 is 1.83 bits per heavy atom. The van der Waals surface area contributed by atoms with E-state index in [0.717, 1.165) is 6.07 Å². The van der Waals surface area contributed by atoms with Gasteiger partial charge >= 0.3 is 5.97 Å². The van der Waals surface area contributed by atoms with Crippen LogP contribution in [0, 0.1) is 20.8 Å². The standard InChI is InChI=1S/C15H16N2O6S/c1-8-6-11(15(19)20)7-13(9(8)2)24(21,22)17-16-14(18)12-4-5-23-10(12)3/h4-7,17H,1-3H3,(H,16,18)(H,19,20). The highest BCUT2D eigenvalue weighted by molar-refractivity contribution is 7.89. The first-order valence-electron chi connectivity index (χ1n) is 6.84. The van der Waals surface area contributed by atoms with Crippen molar-refractivity contribution in [3.05, 3.63) is 52.5 Å². The van der Waals surface area contributed by atoms with Crippen LogP contribution in [-0.2, 0) is 10.0 Å². The Labute approximate surface area is 138 Å². The molecule has 0 spiro atoms. The lowest BCUT2D eigenvalue weighted by Crippen LogP contribution is -2.42. The van der Waals surface area contributed by atoms with Gasteiger partial charge in [-0.15, -0.1) is 4.83 Å². The maximum absolute atomic E-state index is 12.4. The van der Waals surface area contributed by atoms with Crippen LogP contribution in [0.4, 0.5) is 0 Å². The van der Waals surface area contributed by atoms with Gasteiger partial charge in [-0.05, 0) is 50.1 Å². The molecule has 2 aromatic rings. The fourth-order valence-corrected chi connectivity index (χ4v) is 3.27. The molecule has 0 fully saturated rings. The lowest BCUT2D eigenvalue weighted by atomic mass is 10.1. The average Bonchev–Trinajstić information content (AvgIpc) is 2.93. The molecule has 0 unspecified atom stereocenters. The number of benzene rings is 1. The summed E-state index contributed by atoms with van der Waals surface area (Å²) in [6.45, 7) is 4.72. The number of aryl methyl sites for hydroxylation is 2. The van der Waals surface area contributed by atoms with Crippen LogP contribution in [0.25, 0.3) is 0 Å². The van der Waals surface area contributed by atoms with Gasteiger partial charge in [0.15, 0.2) is 0 Å². The van der Waals surface area contributed by atoms with Gasteiger partial charge in [-0.1, -0.05) is 0 Å². The van der Waals surface area contributed by atoms with Gasteiger partial charge in [0.05, 0.1) is 22.3 Å². The Bertz CT molecular complexity index is 914. The SMILES string of the molecule is Cc1cc(C(=O)O)cc(S(=O)(=O)NNC(=O)c2ccoc2C)c1C. The summed E-state index contributed by atoms with van der Waals surface area (Å²) in [5, 5.41) is 9.07. The minimum atomic E-state index is -4.14. The van der Waals surface area contributed by atoms with Crippen LogP contribution in [0.5, 0.6) is 0 Å². The van der Waals surface area contributed by atoms with Crippen LogP contribution in [0.3, 0.4) is 0 Å². The van der Waals surface area contributed by atoms with Crippen LogP contribution in [0.15, 0.2) is 33.8 Å². The average molecular weight is 352 g/mol. The molecule has 1 aromatic carbocycles. The molecule has 0 radical (unpaired) electrons. The van der Waals surface area contributed by atoms with Gasteiger partial charge in [0.25, 0.3) is 15.9 Å². The van der Waals surface area contributed by atoms with E-state index < -0.39 is 21.9 Å². The van der Waals surface area contributed by atoms with Gasteiger partial charge in [-0.2, -0.15) is 0 Å². The first kappa shape index (κ1) is 17.7. The summed E-state index contributed by atoms with van der Waals surface area (Å²) in [7, 11) is -4.14. The highest BCUT2D eigenvalue weighted by Gasteiger charge is 2.22. The predicted molar refractivity (Wildman–Crippen MR) is 84.1 cm³/mol. The number of hydrogen-bond acceptors (Lipinski definition) is 5. The number of sulfonamides is 1. The molecular weight excluding hydrogens is 336 g/mol. The molecule has 24 heavy (non-hydrogen) atoms. The van der Waals surface area contributed by atoms with Gasteiger partial charge in [0, 0.05) is 0 Å². The second kappa shape index (κ2) is 6.46. The second-order valence-electron chi connectivity index (χ2n) is 5.17. The maximum Gasteiger partial charge on any atom is 0.335 e. The molecule has 0 aliphatic heterocycles. The van der Waals surface area contributed by atoms with E-state index in [9.17, 15) is 18.0 Å². The van der Waals surface area contributed by atoms with Crippen LogP contribution in [0.1, 0.15) is 37.6 Å². The van der Waals surface area contributed by atoms with E-state index in [0.29, 0.717) is 16.9 Å². The van der Waals surface area contributed by atoms with Gasteiger partial charge in [-0.25, -0.2) is 13.2 Å². The molecule has 0 saturated heterocycles. The Kier molecular flexibility index (Phi) is 4.76. The van der Waals surface area contributed by atoms with E-state index in [2.05, 4.69) is 5.43 Å². The van der Waals surface area contributed by atoms with E-state index in [1.807, 2.05) is 4.83 Å². The summed E-state index contributed by atoms with van der Waals surface area (Å²) in [5.41, 5.74) is 3.00. The third-order valence-electron chi connectivity index (χ3n) is 3.56. The number of furan rings is 1. The van der Waals surface area contributed by atoms with Crippen molar-refractivity contribution in [3.63, 3.8) is 0 Å². The fraction of sp³-hybridized carbons (Fsp3) is 0.200. The molecule has 8 nitrogen and oxygen atoms in total. The summed E-state index contributed by atoms with van der Waals surface area (Å²) < 4.78 is 29.8. The lowest BCUT2D eigenvalue weighted by molar-refractivity contribution is 0.0696. The van der Waals surface area contributed by atoms with E-state index in [1.165, 1.54) is 18.4 Å². The molecule has 128 valence electrons. The van der Waals surface area contributed by atoms with Crippen molar-refractivity contribution in [3.8, 4) is 0 Å². The van der Waals surface area contributed by atoms with Crippen LogP contribution in [-0.4, -0.2) is 25.4 Å². The largest absolute Gasteiger partial charge is 0.478 e. The van der Waals surface area contributed by atoms with Gasteiger partial charge in [-0.3, -0.25) is 10.2 Å². The molecule has 1 amide bonds. The highest BCUT2D eigenvalue weighted by Crippen LogP contribution is 2.21. The van der Waals surface area contributed by atoms with Crippen molar-refractivity contribution in [2.24, 2.45) is 0 Å². The first-order valence-corrected chi connectivity index (χ1v) is 8.32. The summed E-state index contributed by atoms with van der Waals surface area (Å²) in [5.74, 6) is -1.59. The molecule has 0 aliphatic carbocycles. The number of carboxylic acid groups (broad SMARTS) is 1. The Morgan fingerprint density at radius 1 is 1.17 bits per heavy atom. The zero-order chi connectivity index (χ0) is 18.1. The molecule has 0 atom stereocenters. The van der Waals surface area contributed by atoms with Crippen molar-refractivity contribution in [1.29, 1.82) is 0 Å². The molecular formula is C15H16N2O6S. The number of rotatable bonds is 5. The number of hydrazine groups is 1. The van der Waals surface area contributed by atoms with Crippen molar-refractivity contribution in [2.75, 3.05) is 0 Å². The van der Waals surface area contributed by atoms with E-state index in [4.69, 9.17) is 9.52 Å². The molecule has 1 heterocycles. The lowest BCUT2D eigenvalue weighted by Gasteiger charge is -2.13. The predicted octanol–water partition coefficient (Wildman–Crippen LogP) is 1.53. The summed E-state index contributed by atoms with van der Waals surface area (Å²) >= 11 is 0. The fourth-order valence-electron chi connectivity index (χ4n) is 2.09. The third-order valence-corrected chi connectivity index (χ3v) is 4.93. The molecule has 3 N–H and O–H groups in total. The zero-order valence-corrected chi connectivity index (χ0v) is 14.0. The summed E-state index contributed by atoms with van der Waals surface area (Å²) in [6, 6.07) is 3.83. The highest BCUT2D eigenvalue weighted by atomic mass is 32.2. The van der Waals surface area contributed by atoms with Crippen LogP contribution >= 0.6 is 0 Å². The quantitative estimate of drug-likeness (QED) is 0.701. The zero-order valence-electron chi connectivity index (χ0n) is 13.2. The normalized spacial score (nSPS) is 11.3. The number of carbonyl (C=O) groups excluding carboxylic acids is 1. The van der Waals surface area contributed by atoms with Gasteiger partial charge in [0.2, 0.25) is 0 Å². The Balaban J connectivity index is 2.29. The van der Waals surface area contributed by atoms with Crippen molar-refractivity contribution in [2.45, 2.75) is 25.7 Å². The first-order chi connectivity index (χ1) is 11.1. The number of aromatic carboxylic acids is 1. The topological polar surface area (TPSA) is 126 Å². The van der Waals surface area contributed by atoms with Gasteiger partial charge in [0.1, 0.15) is 5.76 Å². The molecule has 0 aliphatic rings. The molecule has 1 aromatic heterocycles. The minimum Gasteiger partial charge on any atom is -0.478 e. The van der Waals surface area contributed by atoms with Crippen LogP contribution in [0.2, 0.25) is 0 Å².